The fourth-order valence-electron chi connectivity index (χ4n) is 2.82. The molecule has 0 radical (unpaired) electrons. The van der Waals surface area contributed by atoms with E-state index in [1.165, 1.54) is 0 Å². The third kappa shape index (κ3) is 2.33. The van der Waals surface area contributed by atoms with Crippen molar-refractivity contribution < 1.29 is 4.52 Å². The molecular weight excluding hydrogens is 250 g/mol. The van der Waals surface area contributed by atoms with Gasteiger partial charge in [-0.1, -0.05) is 35.5 Å². The minimum Gasteiger partial charge on any atom is -0.360 e. The molecule has 1 fully saturated rings. The molecule has 2 aromatic rings. The van der Waals surface area contributed by atoms with Crippen LogP contribution in [0.2, 0.25) is 0 Å². The molecule has 1 saturated carbocycles. The number of benzene rings is 1. The number of nitrogens with zero attached hydrogens (tertiary/aromatic N) is 2. The maximum atomic E-state index is 9.49. The third-order valence-corrected chi connectivity index (χ3v) is 3.97. The minimum absolute atomic E-state index is 0.323. The summed E-state index contributed by atoms with van der Waals surface area (Å²) in [7, 11) is 0. The number of nitrogens with one attached hydrogen (secondary N) is 1. The Morgan fingerprint density at radius 2 is 2.15 bits per heavy atom. The highest BCUT2D eigenvalue weighted by Gasteiger charge is 2.45. The summed E-state index contributed by atoms with van der Waals surface area (Å²) < 4.78 is 5.17. The van der Waals surface area contributed by atoms with E-state index in [9.17, 15) is 5.26 Å². The Kier molecular flexibility index (Phi) is 3.29. The van der Waals surface area contributed by atoms with E-state index in [1.54, 1.807) is 0 Å². The lowest BCUT2D eigenvalue weighted by Crippen LogP contribution is -2.50. The number of nitriles is 1. The van der Waals surface area contributed by atoms with Gasteiger partial charge in [0.05, 0.1) is 23.7 Å². The van der Waals surface area contributed by atoms with Crippen LogP contribution in [0.4, 0.5) is 0 Å². The van der Waals surface area contributed by atoms with E-state index >= 15 is 0 Å². The number of aryl methyl sites for hydroxylation is 1. The van der Waals surface area contributed by atoms with Crippen molar-refractivity contribution in [2.75, 3.05) is 0 Å². The average molecular weight is 267 g/mol. The molecule has 0 amide bonds. The largest absolute Gasteiger partial charge is 0.360 e. The van der Waals surface area contributed by atoms with Gasteiger partial charge in [0.25, 0.3) is 0 Å². The van der Waals surface area contributed by atoms with Crippen molar-refractivity contribution >= 4 is 0 Å². The molecule has 1 aliphatic carbocycles. The predicted molar refractivity (Wildman–Crippen MR) is 74.8 cm³/mol. The zero-order valence-electron chi connectivity index (χ0n) is 11.5. The molecule has 0 unspecified atom stereocenters. The molecule has 1 heterocycles. The first-order valence-corrected chi connectivity index (χ1v) is 6.84. The van der Waals surface area contributed by atoms with Crippen molar-refractivity contribution in [3.05, 3.63) is 53.4 Å². The van der Waals surface area contributed by atoms with Gasteiger partial charge in [0, 0.05) is 12.1 Å². The van der Waals surface area contributed by atoms with Crippen LogP contribution in [0.3, 0.4) is 0 Å². The molecular formula is C16H17N3O. The molecule has 1 aromatic carbocycles. The van der Waals surface area contributed by atoms with Gasteiger partial charge in [0.1, 0.15) is 0 Å². The van der Waals surface area contributed by atoms with E-state index < -0.39 is 0 Å². The van der Waals surface area contributed by atoms with Crippen LogP contribution in [0.5, 0.6) is 0 Å². The summed E-state index contributed by atoms with van der Waals surface area (Å²) in [5.41, 5.74) is 1.69. The molecule has 4 nitrogen and oxygen atoms in total. The van der Waals surface area contributed by atoms with Crippen LogP contribution in [0.25, 0.3) is 0 Å². The fourth-order valence-corrected chi connectivity index (χ4v) is 2.82. The Morgan fingerprint density at radius 1 is 1.40 bits per heavy atom. The van der Waals surface area contributed by atoms with Gasteiger partial charge in [-0.05, 0) is 25.3 Å². The summed E-state index contributed by atoms with van der Waals surface area (Å²) in [6, 6.07) is 14.8. The first-order chi connectivity index (χ1) is 9.72. The first kappa shape index (κ1) is 12.9. The van der Waals surface area contributed by atoms with Gasteiger partial charge in [-0.3, -0.25) is 0 Å². The SMILES string of the molecule is Cc1cc(CNC2CC(C#N)(c3ccccc3)C2)on1. The topological polar surface area (TPSA) is 61.9 Å². The summed E-state index contributed by atoms with van der Waals surface area (Å²) in [5, 5.41) is 16.8. The first-order valence-electron chi connectivity index (χ1n) is 6.84. The highest BCUT2D eigenvalue weighted by atomic mass is 16.5. The number of rotatable bonds is 4. The van der Waals surface area contributed by atoms with Gasteiger partial charge in [0.15, 0.2) is 5.76 Å². The minimum atomic E-state index is -0.323. The Morgan fingerprint density at radius 3 is 2.75 bits per heavy atom. The molecule has 0 aliphatic heterocycles. The Balaban J connectivity index is 1.58. The van der Waals surface area contributed by atoms with Crippen molar-refractivity contribution in [3.63, 3.8) is 0 Å². The van der Waals surface area contributed by atoms with E-state index in [-0.39, 0.29) is 5.41 Å². The molecule has 3 rings (SSSR count). The molecule has 4 heteroatoms. The van der Waals surface area contributed by atoms with Crippen LogP contribution < -0.4 is 5.32 Å². The van der Waals surface area contributed by atoms with Gasteiger partial charge < -0.3 is 9.84 Å². The number of hydrogen-bond acceptors (Lipinski definition) is 4. The quantitative estimate of drug-likeness (QED) is 0.925. The lowest BCUT2D eigenvalue weighted by Gasteiger charge is -2.43. The second-order valence-corrected chi connectivity index (χ2v) is 5.48. The molecule has 0 spiro atoms. The van der Waals surface area contributed by atoms with Crippen molar-refractivity contribution in [3.8, 4) is 6.07 Å². The van der Waals surface area contributed by atoms with Crippen molar-refractivity contribution in [2.45, 2.75) is 37.8 Å². The van der Waals surface area contributed by atoms with Crippen molar-refractivity contribution in [1.29, 1.82) is 5.26 Å². The van der Waals surface area contributed by atoms with E-state index in [0.29, 0.717) is 12.6 Å². The van der Waals surface area contributed by atoms with Crippen LogP contribution in [0, 0.1) is 18.3 Å². The Labute approximate surface area is 118 Å². The molecule has 1 aromatic heterocycles. The smallest absolute Gasteiger partial charge is 0.150 e. The highest BCUT2D eigenvalue weighted by Crippen LogP contribution is 2.43. The van der Waals surface area contributed by atoms with E-state index in [0.717, 1.165) is 29.9 Å². The monoisotopic (exact) mass is 267 g/mol. The lowest BCUT2D eigenvalue weighted by molar-refractivity contribution is 0.218. The standard InChI is InChI=1S/C16H17N3O/c1-12-7-15(20-19-12)10-18-14-8-16(9-14,11-17)13-5-3-2-4-6-13/h2-7,14,18H,8-10H2,1H3. The van der Waals surface area contributed by atoms with Gasteiger partial charge in [0.2, 0.25) is 0 Å². The van der Waals surface area contributed by atoms with E-state index in [4.69, 9.17) is 4.52 Å². The third-order valence-electron chi connectivity index (χ3n) is 3.97. The zero-order valence-corrected chi connectivity index (χ0v) is 11.5. The normalized spacial score (nSPS) is 24.9. The van der Waals surface area contributed by atoms with Crippen molar-refractivity contribution in [2.24, 2.45) is 0 Å². The molecule has 0 saturated heterocycles. The molecule has 102 valence electrons. The van der Waals surface area contributed by atoms with Gasteiger partial charge in [-0.15, -0.1) is 0 Å². The summed E-state index contributed by atoms with van der Waals surface area (Å²) in [5.74, 6) is 0.844. The van der Waals surface area contributed by atoms with Crippen LogP contribution in [-0.2, 0) is 12.0 Å². The second-order valence-electron chi connectivity index (χ2n) is 5.48. The van der Waals surface area contributed by atoms with Crippen LogP contribution >= 0.6 is 0 Å². The van der Waals surface area contributed by atoms with Gasteiger partial charge in [-0.2, -0.15) is 5.26 Å². The van der Waals surface area contributed by atoms with E-state index in [1.807, 2.05) is 43.3 Å². The lowest BCUT2D eigenvalue weighted by atomic mass is 9.62. The maximum Gasteiger partial charge on any atom is 0.150 e. The van der Waals surface area contributed by atoms with Gasteiger partial charge >= 0.3 is 0 Å². The van der Waals surface area contributed by atoms with Crippen LogP contribution in [0.1, 0.15) is 29.9 Å². The summed E-state index contributed by atoms with van der Waals surface area (Å²) in [6.45, 7) is 2.58. The number of aromatic nitrogens is 1. The van der Waals surface area contributed by atoms with Crippen LogP contribution in [0.15, 0.2) is 40.9 Å². The summed E-state index contributed by atoms with van der Waals surface area (Å²) >= 11 is 0. The molecule has 1 aliphatic rings. The molecule has 1 N–H and O–H groups in total. The highest BCUT2D eigenvalue weighted by molar-refractivity contribution is 5.36. The van der Waals surface area contributed by atoms with Crippen molar-refractivity contribution in [1.82, 2.24) is 10.5 Å². The maximum absolute atomic E-state index is 9.49. The predicted octanol–water partition coefficient (Wildman–Crippen LogP) is 2.70. The summed E-state index contributed by atoms with van der Waals surface area (Å²) in [4.78, 5) is 0. The summed E-state index contributed by atoms with van der Waals surface area (Å²) in [6.07, 6.45) is 1.70. The average Bonchev–Trinajstić information content (AvgIpc) is 2.85. The molecule has 0 bridgehead atoms. The zero-order chi connectivity index (χ0) is 14.0. The van der Waals surface area contributed by atoms with E-state index in [2.05, 4.69) is 16.5 Å². The second kappa shape index (κ2) is 5.10. The fraction of sp³-hybridized carbons (Fsp3) is 0.375. The van der Waals surface area contributed by atoms with Gasteiger partial charge in [-0.25, -0.2) is 0 Å². The number of hydrogen-bond donors (Lipinski definition) is 1. The molecule has 20 heavy (non-hydrogen) atoms. The van der Waals surface area contributed by atoms with Crippen LogP contribution in [-0.4, -0.2) is 11.2 Å². The molecule has 0 atom stereocenters. The Bertz CT molecular complexity index is 621. The Hall–Kier alpha value is -2.12.